The van der Waals surface area contributed by atoms with E-state index < -0.39 is 36.0 Å². The van der Waals surface area contributed by atoms with Crippen molar-refractivity contribution in [2.24, 2.45) is 17.8 Å². The number of nitrogens with zero attached hydrogens (tertiary/aromatic N) is 3. The van der Waals surface area contributed by atoms with Crippen LogP contribution in [-0.4, -0.2) is 138 Å². The second-order valence-corrected chi connectivity index (χ2v) is 14.9. The normalized spacial score (nSPS) is 32.9. The van der Waals surface area contributed by atoms with Crippen LogP contribution in [0, 0.1) is 17.8 Å². The Hall–Kier alpha value is -2.28. The Balaban J connectivity index is 1.67. The number of epoxide rings is 1. The molecule has 0 saturated carbocycles. The molecular weight excluding hydrogens is 614 g/mol. The van der Waals surface area contributed by atoms with Crippen LogP contribution in [0.3, 0.4) is 0 Å². The number of aliphatic hydroxyl groups excluding tert-OH is 2. The fourth-order valence-electron chi connectivity index (χ4n) is 6.49. The summed E-state index contributed by atoms with van der Waals surface area (Å²) in [4.78, 5) is 32.4. The number of hydrogen-bond acceptors (Lipinski definition) is 10. The van der Waals surface area contributed by atoms with Crippen molar-refractivity contribution >= 4 is 12.1 Å². The third-order valence-electron chi connectivity index (χ3n) is 10.0. The van der Waals surface area contributed by atoms with Crippen molar-refractivity contribution in [2.45, 2.75) is 116 Å². The molecule has 0 aromatic carbocycles. The molecule has 11 heteroatoms. The average Bonchev–Trinajstić information content (AvgIpc) is 3.79. The first-order valence-corrected chi connectivity index (χ1v) is 17.9. The van der Waals surface area contributed by atoms with Crippen LogP contribution in [-0.2, 0) is 19.0 Å². The van der Waals surface area contributed by atoms with E-state index in [0.29, 0.717) is 38.8 Å². The Morgan fingerprint density at radius 1 is 1.19 bits per heavy atom. The van der Waals surface area contributed by atoms with Crippen LogP contribution < -0.4 is 0 Å². The average molecular weight is 678 g/mol. The van der Waals surface area contributed by atoms with Gasteiger partial charge in [0.25, 0.3) is 0 Å². The molecule has 0 aromatic rings. The number of allylic oxidation sites excluding steroid dienone is 2. The topological polar surface area (TPSA) is 136 Å². The SMILES string of the molecule is CCC(O)C(C)C1OC1CC(C)(O)/C=C/C=C(\C)C1OC(=O)CC(O)CCC(C)C(OC(=O)N2CCN(CCN(C)C)CC2)/C=C\C1C. The van der Waals surface area contributed by atoms with E-state index in [1.54, 1.807) is 24.0 Å². The lowest BCUT2D eigenvalue weighted by Crippen LogP contribution is -2.50. The standard InChI is InChI=1S/C37H63N3O8/c1-9-30(42)28(5)35-32(46-35)24-37(6,45)16-10-11-26(3)34-27(4)13-15-31(25(2)12-14-29(41)23-33(43)48-34)47-36(44)40-21-19-39(20-22-40)18-17-38(7)8/h10-11,13,15-16,25,27-32,34-35,41-42,45H,9,12,14,17-24H2,1-8H3/b15-13-,16-10+,26-11+. The summed E-state index contributed by atoms with van der Waals surface area (Å²) in [7, 11) is 4.11. The van der Waals surface area contributed by atoms with E-state index in [1.165, 1.54) is 0 Å². The molecule has 0 bridgehead atoms. The lowest BCUT2D eigenvalue weighted by atomic mass is 9.91. The van der Waals surface area contributed by atoms with E-state index >= 15 is 0 Å². The Kier molecular flexibility index (Phi) is 15.6. The maximum Gasteiger partial charge on any atom is 0.410 e. The van der Waals surface area contributed by atoms with E-state index in [0.717, 1.165) is 31.8 Å². The molecule has 3 aliphatic rings. The predicted octanol–water partition coefficient (Wildman–Crippen LogP) is 3.77. The number of cyclic esters (lactones) is 1. The fraction of sp³-hybridized carbons (Fsp3) is 0.784. The van der Waals surface area contributed by atoms with Gasteiger partial charge in [0.2, 0.25) is 0 Å². The lowest BCUT2D eigenvalue weighted by Gasteiger charge is -2.35. The molecule has 3 aliphatic heterocycles. The van der Waals surface area contributed by atoms with Crippen molar-refractivity contribution in [3.63, 3.8) is 0 Å². The molecule has 3 N–H and O–H groups in total. The second kappa shape index (κ2) is 18.6. The smallest absolute Gasteiger partial charge is 0.410 e. The van der Waals surface area contributed by atoms with Gasteiger partial charge in [0.05, 0.1) is 36.4 Å². The summed E-state index contributed by atoms with van der Waals surface area (Å²) >= 11 is 0. The molecule has 274 valence electrons. The summed E-state index contributed by atoms with van der Waals surface area (Å²) < 4.78 is 17.7. The first kappa shape index (κ1) is 40.2. The van der Waals surface area contributed by atoms with Crippen molar-refractivity contribution < 1.29 is 39.1 Å². The highest BCUT2D eigenvalue weighted by molar-refractivity contribution is 5.70. The van der Waals surface area contributed by atoms with Crippen LogP contribution in [0.2, 0.25) is 0 Å². The van der Waals surface area contributed by atoms with Crippen molar-refractivity contribution in [3.8, 4) is 0 Å². The molecule has 1 amide bonds. The summed E-state index contributed by atoms with van der Waals surface area (Å²) in [5.41, 5.74) is -0.356. The molecule has 11 nitrogen and oxygen atoms in total. The molecule has 0 radical (unpaired) electrons. The number of carbonyl (C=O) groups excluding carboxylic acids is 2. The number of likely N-dealkylation sites (N-methyl/N-ethyl adjacent to an activating group) is 1. The molecule has 2 fully saturated rings. The van der Waals surface area contributed by atoms with Crippen molar-refractivity contribution in [2.75, 3.05) is 53.4 Å². The van der Waals surface area contributed by atoms with Gasteiger partial charge in [0, 0.05) is 57.5 Å². The predicted molar refractivity (Wildman–Crippen MR) is 186 cm³/mol. The number of amides is 1. The maximum absolute atomic E-state index is 13.3. The van der Waals surface area contributed by atoms with E-state index in [2.05, 4.69) is 23.9 Å². The zero-order valence-corrected chi connectivity index (χ0v) is 30.6. The Labute approximate surface area is 288 Å². The van der Waals surface area contributed by atoms with Crippen LogP contribution in [0.1, 0.15) is 73.6 Å². The molecule has 0 spiro atoms. The number of carbonyl (C=O) groups is 2. The van der Waals surface area contributed by atoms with E-state index in [9.17, 15) is 24.9 Å². The van der Waals surface area contributed by atoms with Gasteiger partial charge in [-0.1, -0.05) is 52.0 Å². The first-order chi connectivity index (χ1) is 22.6. The zero-order valence-electron chi connectivity index (χ0n) is 30.6. The van der Waals surface area contributed by atoms with E-state index in [4.69, 9.17) is 14.2 Å². The number of piperazine rings is 1. The summed E-state index contributed by atoms with van der Waals surface area (Å²) in [5.74, 6) is -0.785. The molecular formula is C37H63N3O8. The Bertz CT molecular complexity index is 1120. The highest BCUT2D eigenvalue weighted by atomic mass is 16.6. The number of rotatable bonds is 12. The largest absolute Gasteiger partial charge is 0.457 e. The maximum atomic E-state index is 13.3. The van der Waals surface area contributed by atoms with E-state index in [1.807, 2.05) is 52.8 Å². The summed E-state index contributed by atoms with van der Waals surface area (Å²) in [6.45, 7) is 16.2. The van der Waals surface area contributed by atoms with Crippen molar-refractivity contribution in [1.29, 1.82) is 0 Å². The van der Waals surface area contributed by atoms with Gasteiger partial charge in [-0.05, 0) is 64.8 Å². The minimum absolute atomic E-state index is 0.00523. The van der Waals surface area contributed by atoms with Crippen LogP contribution in [0.4, 0.5) is 4.79 Å². The number of esters is 1. The van der Waals surface area contributed by atoms with Gasteiger partial charge in [-0.15, -0.1) is 0 Å². The van der Waals surface area contributed by atoms with E-state index in [-0.39, 0.29) is 42.5 Å². The highest BCUT2D eigenvalue weighted by Crippen LogP contribution is 2.37. The lowest BCUT2D eigenvalue weighted by molar-refractivity contribution is -0.151. The minimum Gasteiger partial charge on any atom is -0.457 e. The second-order valence-electron chi connectivity index (χ2n) is 14.9. The summed E-state index contributed by atoms with van der Waals surface area (Å²) in [6, 6.07) is 0. The van der Waals surface area contributed by atoms with Crippen molar-refractivity contribution in [3.05, 3.63) is 36.0 Å². The van der Waals surface area contributed by atoms with Gasteiger partial charge in [0.1, 0.15) is 12.2 Å². The Morgan fingerprint density at radius 3 is 2.52 bits per heavy atom. The summed E-state index contributed by atoms with van der Waals surface area (Å²) in [5, 5.41) is 31.8. The molecule has 0 aromatic heterocycles. The number of aliphatic hydroxyl groups is 3. The zero-order chi connectivity index (χ0) is 35.6. The van der Waals surface area contributed by atoms with Crippen LogP contribution in [0.25, 0.3) is 0 Å². The third kappa shape index (κ3) is 12.9. The number of hydrogen-bond donors (Lipinski definition) is 3. The molecule has 48 heavy (non-hydrogen) atoms. The van der Waals surface area contributed by atoms with Gasteiger partial charge < -0.3 is 39.3 Å². The molecule has 2 saturated heterocycles. The van der Waals surface area contributed by atoms with Crippen LogP contribution in [0.5, 0.6) is 0 Å². The highest BCUT2D eigenvalue weighted by Gasteiger charge is 2.47. The van der Waals surface area contributed by atoms with Gasteiger partial charge in [0.15, 0.2) is 0 Å². The minimum atomic E-state index is -1.13. The number of ether oxygens (including phenoxy) is 3. The molecule has 10 unspecified atom stereocenters. The molecule has 0 aliphatic carbocycles. The molecule has 10 atom stereocenters. The van der Waals surface area contributed by atoms with Gasteiger partial charge in [-0.25, -0.2) is 4.79 Å². The van der Waals surface area contributed by atoms with Crippen LogP contribution >= 0.6 is 0 Å². The van der Waals surface area contributed by atoms with Crippen molar-refractivity contribution in [1.82, 2.24) is 14.7 Å². The van der Waals surface area contributed by atoms with Gasteiger partial charge >= 0.3 is 12.1 Å². The van der Waals surface area contributed by atoms with Crippen LogP contribution in [0.15, 0.2) is 36.0 Å². The molecule has 3 heterocycles. The van der Waals surface area contributed by atoms with Gasteiger partial charge in [-0.2, -0.15) is 0 Å². The quantitative estimate of drug-likeness (QED) is 0.121. The monoisotopic (exact) mass is 677 g/mol. The fourth-order valence-corrected chi connectivity index (χ4v) is 6.49. The Morgan fingerprint density at radius 2 is 1.88 bits per heavy atom. The third-order valence-corrected chi connectivity index (χ3v) is 10.0. The summed E-state index contributed by atoms with van der Waals surface area (Å²) in [6.07, 6.45) is 8.13. The first-order valence-electron chi connectivity index (χ1n) is 17.9. The van der Waals surface area contributed by atoms with Gasteiger partial charge in [-0.3, -0.25) is 9.69 Å². The molecule has 3 rings (SSSR count).